The molecule has 0 aliphatic carbocycles. The molecule has 0 saturated carbocycles. The maximum atomic E-state index is 12.6. The number of nitrogens with zero attached hydrogens (tertiary/aromatic N) is 2. The molecule has 0 N–H and O–H groups in total. The number of hydrogen-bond donors (Lipinski definition) is 0. The predicted molar refractivity (Wildman–Crippen MR) is 35.2 cm³/mol. The van der Waals surface area contributed by atoms with Crippen LogP contribution in [-0.4, -0.2) is 9.38 Å². The molecule has 2 rings (SSSR count). The van der Waals surface area contributed by atoms with Gasteiger partial charge >= 0.3 is 0 Å². The average molecular weight is 136 g/mol. The molecule has 0 spiro atoms. The van der Waals surface area contributed by atoms with Crippen LogP contribution in [0, 0.1) is 6.08 Å². The highest BCUT2D eigenvalue weighted by molar-refractivity contribution is 5.43. The van der Waals surface area contributed by atoms with Crippen LogP contribution < -0.4 is 0 Å². The van der Waals surface area contributed by atoms with E-state index in [4.69, 9.17) is 0 Å². The topological polar surface area (TPSA) is 17.3 Å². The summed E-state index contributed by atoms with van der Waals surface area (Å²) >= 11 is 0. The zero-order valence-electron chi connectivity index (χ0n) is 5.16. The lowest BCUT2D eigenvalue weighted by Gasteiger charge is -1.88. The van der Waals surface area contributed by atoms with E-state index in [-0.39, 0.29) is 0 Å². The smallest absolute Gasteiger partial charge is 0.276 e. The van der Waals surface area contributed by atoms with Crippen molar-refractivity contribution < 1.29 is 4.39 Å². The molecule has 2 nitrogen and oxygen atoms in total. The molecule has 0 aromatic carbocycles. The van der Waals surface area contributed by atoms with Gasteiger partial charge in [-0.1, -0.05) is 6.07 Å². The molecule has 2 aromatic rings. The molecule has 0 saturated heterocycles. The van der Waals surface area contributed by atoms with Crippen LogP contribution in [0.1, 0.15) is 0 Å². The number of fused-ring (bicyclic) bond motifs is 1. The van der Waals surface area contributed by atoms with Gasteiger partial charge in [-0.05, 0) is 12.1 Å². The van der Waals surface area contributed by atoms with E-state index in [1.54, 1.807) is 18.3 Å². The Labute approximate surface area is 56.9 Å². The lowest BCUT2D eigenvalue weighted by atomic mass is 10.4. The highest BCUT2D eigenvalue weighted by Crippen LogP contribution is 2.03. The monoisotopic (exact) mass is 136 g/mol. The van der Waals surface area contributed by atoms with Crippen molar-refractivity contribution in [3.05, 3.63) is 36.7 Å². The first-order valence-corrected chi connectivity index (χ1v) is 2.95. The van der Waals surface area contributed by atoms with Gasteiger partial charge in [0, 0.05) is 6.20 Å². The van der Waals surface area contributed by atoms with Crippen LogP contribution in [0.15, 0.2) is 30.6 Å². The summed E-state index contributed by atoms with van der Waals surface area (Å²) in [5.74, 6) is 0. The fourth-order valence-electron chi connectivity index (χ4n) is 0.911. The molecule has 50 valence electrons. The number of rotatable bonds is 0. The maximum Gasteiger partial charge on any atom is 0.293 e. The Morgan fingerprint density at radius 3 is 3.10 bits per heavy atom. The molecule has 0 radical (unpaired) electrons. The van der Waals surface area contributed by atoms with E-state index in [9.17, 15) is 4.39 Å². The van der Waals surface area contributed by atoms with Gasteiger partial charge in [0.15, 0.2) is 0 Å². The van der Waals surface area contributed by atoms with Crippen LogP contribution in [-0.2, 0) is 0 Å². The zero-order valence-corrected chi connectivity index (χ0v) is 5.16. The van der Waals surface area contributed by atoms with Gasteiger partial charge in [0.1, 0.15) is 0 Å². The Kier molecular flexibility index (Phi) is 0.974. The summed E-state index contributed by atoms with van der Waals surface area (Å²) in [4.78, 5) is 3.49. The van der Waals surface area contributed by atoms with Gasteiger partial charge in [0.05, 0.1) is 11.7 Å². The molecule has 2 heterocycles. The molecule has 3 heteroatoms. The summed E-state index contributed by atoms with van der Waals surface area (Å²) in [7, 11) is 0. The molecule has 0 aliphatic heterocycles. The number of imidazole rings is 1. The van der Waals surface area contributed by atoms with Crippen LogP contribution in [0.3, 0.4) is 0 Å². The van der Waals surface area contributed by atoms with Gasteiger partial charge in [-0.15, -0.1) is 0 Å². The molecule has 10 heavy (non-hydrogen) atoms. The molecule has 0 fully saturated rings. The van der Waals surface area contributed by atoms with E-state index in [2.05, 4.69) is 4.98 Å². The lowest BCUT2D eigenvalue weighted by Crippen LogP contribution is -1.85. The van der Waals surface area contributed by atoms with E-state index >= 15 is 0 Å². The third-order valence-corrected chi connectivity index (χ3v) is 1.39. The van der Waals surface area contributed by atoms with Gasteiger partial charge in [-0.2, -0.15) is 4.39 Å². The first-order chi connectivity index (χ1) is 4.88. The Bertz CT molecular complexity index is 353. The second-order valence-corrected chi connectivity index (χ2v) is 2.02. The van der Waals surface area contributed by atoms with Gasteiger partial charge in [-0.25, -0.2) is 4.98 Å². The maximum absolute atomic E-state index is 12.6. The van der Waals surface area contributed by atoms with Crippen molar-refractivity contribution in [3.8, 4) is 0 Å². The minimum atomic E-state index is -0.462. The Morgan fingerprint density at radius 1 is 1.40 bits per heavy atom. The summed E-state index contributed by atoms with van der Waals surface area (Å²) < 4.78 is 14.0. The Balaban J connectivity index is 2.93. The van der Waals surface area contributed by atoms with Crippen LogP contribution in [0.4, 0.5) is 4.39 Å². The molecule has 0 unspecified atom stereocenters. The molecular formula is C7H5FN2. The second kappa shape index (κ2) is 1.80. The highest BCUT2D eigenvalue weighted by atomic mass is 19.1. The van der Waals surface area contributed by atoms with Crippen molar-refractivity contribution >= 4 is 5.52 Å². The molecule has 0 atom stereocenters. The summed E-state index contributed by atoms with van der Waals surface area (Å²) in [6, 6.07) is 5.41. The fourth-order valence-corrected chi connectivity index (χ4v) is 0.911. The van der Waals surface area contributed by atoms with Crippen molar-refractivity contribution in [1.29, 1.82) is 0 Å². The minimum absolute atomic E-state index is 0.462. The number of hydrogen-bond acceptors (Lipinski definition) is 1. The zero-order chi connectivity index (χ0) is 6.97. The Hall–Kier alpha value is -1.38. The average Bonchev–Trinajstić information content (AvgIpc) is 2.34. The van der Waals surface area contributed by atoms with Gasteiger partial charge < -0.3 is 0 Å². The highest BCUT2D eigenvalue weighted by Gasteiger charge is 1.97. The molecule has 0 amide bonds. The normalized spacial score (nSPS) is 10.5. The van der Waals surface area contributed by atoms with Crippen molar-refractivity contribution in [2.45, 2.75) is 0 Å². The third-order valence-electron chi connectivity index (χ3n) is 1.39. The van der Waals surface area contributed by atoms with Crippen LogP contribution in [0.25, 0.3) is 5.52 Å². The van der Waals surface area contributed by atoms with E-state index < -0.39 is 6.08 Å². The Morgan fingerprint density at radius 2 is 2.30 bits per heavy atom. The second-order valence-electron chi connectivity index (χ2n) is 2.02. The number of aromatic nitrogens is 2. The van der Waals surface area contributed by atoms with E-state index in [0.29, 0.717) is 0 Å². The first-order valence-electron chi connectivity index (χ1n) is 2.95. The van der Waals surface area contributed by atoms with Crippen LogP contribution in [0.2, 0.25) is 0 Å². The SMILES string of the molecule is Fc1ncc2ccccn12. The minimum Gasteiger partial charge on any atom is -0.276 e. The third kappa shape index (κ3) is 0.603. The number of pyridine rings is 1. The molecule has 0 aliphatic rings. The van der Waals surface area contributed by atoms with Crippen LogP contribution >= 0.6 is 0 Å². The summed E-state index contributed by atoms with van der Waals surface area (Å²) in [6.07, 6.45) is 2.67. The van der Waals surface area contributed by atoms with Crippen molar-refractivity contribution in [3.63, 3.8) is 0 Å². The van der Waals surface area contributed by atoms with Gasteiger partial charge in [0.2, 0.25) is 0 Å². The van der Waals surface area contributed by atoms with Gasteiger partial charge in [0.25, 0.3) is 6.08 Å². The van der Waals surface area contributed by atoms with Crippen molar-refractivity contribution in [2.24, 2.45) is 0 Å². The van der Waals surface area contributed by atoms with Crippen molar-refractivity contribution in [2.75, 3.05) is 0 Å². The molecule has 0 bridgehead atoms. The van der Waals surface area contributed by atoms with E-state index in [1.165, 1.54) is 10.6 Å². The van der Waals surface area contributed by atoms with Crippen LogP contribution in [0.5, 0.6) is 0 Å². The number of halogens is 1. The van der Waals surface area contributed by atoms with Crippen molar-refractivity contribution in [1.82, 2.24) is 9.38 Å². The lowest BCUT2D eigenvalue weighted by molar-refractivity contribution is 0.535. The standard InChI is InChI=1S/C7H5FN2/c8-7-9-5-6-3-1-2-4-10(6)7/h1-5H. The van der Waals surface area contributed by atoms with Gasteiger partial charge in [-0.3, -0.25) is 4.40 Å². The summed E-state index contributed by atoms with van der Waals surface area (Å²) in [5.41, 5.74) is 0.778. The predicted octanol–water partition coefficient (Wildman–Crippen LogP) is 1.47. The van der Waals surface area contributed by atoms with E-state index in [1.807, 2.05) is 6.07 Å². The summed E-state index contributed by atoms with van der Waals surface area (Å²) in [5, 5.41) is 0. The van der Waals surface area contributed by atoms with E-state index in [0.717, 1.165) is 5.52 Å². The molecular weight excluding hydrogens is 131 g/mol. The summed E-state index contributed by atoms with van der Waals surface area (Å²) in [6.45, 7) is 0. The largest absolute Gasteiger partial charge is 0.293 e. The quantitative estimate of drug-likeness (QED) is 0.536. The first kappa shape index (κ1) is 5.41. The fraction of sp³-hybridized carbons (Fsp3) is 0. The molecule has 2 aromatic heterocycles.